The standard InChI is InChI=1S/C18H15N5O2S/c1-24-16-11-13(7-8-15(16)25-10-9-19)12-20-23-17(21-22-18(23)26)14-5-3-2-4-6-14/h2-8,11-12H,10H2,1H3,(H,22,26)/b20-12-. The zero-order valence-electron chi connectivity index (χ0n) is 13.9. The summed E-state index contributed by atoms with van der Waals surface area (Å²) in [6.45, 7) is -0.0472. The lowest BCUT2D eigenvalue weighted by Crippen LogP contribution is -1.98. The van der Waals surface area contributed by atoms with Crippen LogP contribution in [0.3, 0.4) is 0 Å². The van der Waals surface area contributed by atoms with Crippen LogP contribution in [0.1, 0.15) is 5.56 Å². The molecule has 0 amide bonds. The molecule has 1 N–H and O–H groups in total. The summed E-state index contributed by atoms with van der Waals surface area (Å²) < 4.78 is 12.5. The molecule has 26 heavy (non-hydrogen) atoms. The maximum absolute atomic E-state index is 8.62. The van der Waals surface area contributed by atoms with Gasteiger partial charge in [-0.2, -0.15) is 20.1 Å². The lowest BCUT2D eigenvalue weighted by Gasteiger charge is -2.08. The minimum absolute atomic E-state index is 0.0472. The van der Waals surface area contributed by atoms with E-state index in [4.69, 9.17) is 27.0 Å². The molecule has 0 unspecified atom stereocenters. The fourth-order valence-corrected chi connectivity index (χ4v) is 2.47. The maximum Gasteiger partial charge on any atom is 0.216 e. The van der Waals surface area contributed by atoms with Gasteiger partial charge in [-0.15, -0.1) is 0 Å². The lowest BCUT2D eigenvalue weighted by atomic mass is 10.2. The third-order valence-electron chi connectivity index (χ3n) is 3.48. The molecule has 0 saturated carbocycles. The predicted molar refractivity (Wildman–Crippen MR) is 99.9 cm³/mol. The van der Waals surface area contributed by atoms with E-state index in [1.165, 1.54) is 7.11 Å². The second-order valence-electron chi connectivity index (χ2n) is 5.13. The minimum Gasteiger partial charge on any atom is -0.493 e. The number of aromatic nitrogens is 3. The molecule has 0 bridgehead atoms. The van der Waals surface area contributed by atoms with Crippen LogP contribution in [0.15, 0.2) is 53.6 Å². The first-order valence-electron chi connectivity index (χ1n) is 7.68. The number of nitriles is 1. The second-order valence-corrected chi connectivity index (χ2v) is 5.52. The zero-order chi connectivity index (χ0) is 18.4. The minimum atomic E-state index is -0.0472. The predicted octanol–water partition coefficient (Wildman–Crippen LogP) is 3.40. The largest absolute Gasteiger partial charge is 0.493 e. The Morgan fingerprint density at radius 2 is 2.08 bits per heavy atom. The highest BCUT2D eigenvalue weighted by molar-refractivity contribution is 7.71. The fraction of sp³-hybridized carbons (Fsp3) is 0.111. The highest BCUT2D eigenvalue weighted by Crippen LogP contribution is 2.27. The molecule has 0 spiro atoms. The van der Waals surface area contributed by atoms with Crippen molar-refractivity contribution in [2.45, 2.75) is 0 Å². The van der Waals surface area contributed by atoms with Gasteiger partial charge in [0.05, 0.1) is 13.3 Å². The summed E-state index contributed by atoms with van der Waals surface area (Å²) in [7, 11) is 1.54. The number of nitrogens with one attached hydrogen (secondary N) is 1. The van der Waals surface area contributed by atoms with Gasteiger partial charge in [0, 0.05) is 5.56 Å². The monoisotopic (exact) mass is 365 g/mol. The SMILES string of the molecule is COc1cc(/C=N\n2c(-c3ccccc3)n[nH]c2=S)ccc1OCC#N. The molecule has 0 aliphatic carbocycles. The third-order valence-corrected chi connectivity index (χ3v) is 3.75. The number of hydrogen-bond acceptors (Lipinski definition) is 6. The Morgan fingerprint density at radius 1 is 1.27 bits per heavy atom. The van der Waals surface area contributed by atoms with Crippen molar-refractivity contribution in [3.63, 3.8) is 0 Å². The molecule has 1 aromatic heterocycles. The van der Waals surface area contributed by atoms with E-state index in [2.05, 4.69) is 15.3 Å². The number of H-pyrrole nitrogens is 1. The van der Waals surface area contributed by atoms with E-state index < -0.39 is 0 Å². The van der Waals surface area contributed by atoms with Crippen molar-refractivity contribution in [3.05, 3.63) is 58.9 Å². The van der Waals surface area contributed by atoms with E-state index in [1.54, 1.807) is 23.0 Å². The summed E-state index contributed by atoms with van der Waals surface area (Å²) in [6.07, 6.45) is 1.65. The van der Waals surface area contributed by atoms with Gasteiger partial charge in [0.25, 0.3) is 0 Å². The molecular formula is C18H15N5O2S. The van der Waals surface area contributed by atoms with Crippen molar-refractivity contribution in [1.82, 2.24) is 14.9 Å². The van der Waals surface area contributed by atoms with E-state index >= 15 is 0 Å². The Morgan fingerprint density at radius 3 is 2.81 bits per heavy atom. The van der Waals surface area contributed by atoms with E-state index in [0.29, 0.717) is 22.1 Å². The van der Waals surface area contributed by atoms with Crippen molar-refractivity contribution in [1.29, 1.82) is 5.26 Å². The normalized spacial score (nSPS) is 10.6. The first kappa shape index (κ1) is 17.4. The molecular weight excluding hydrogens is 350 g/mol. The first-order valence-corrected chi connectivity index (χ1v) is 8.08. The van der Waals surface area contributed by atoms with Crippen LogP contribution in [0.25, 0.3) is 11.4 Å². The number of nitrogens with zero attached hydrogens (tertiary/aromatic N) is 4. The number of aromatic amines is 1. The van der Waals surface area contributed by atoms with Crippen molar-refractivity contribution in [2.75, 3.05) is 13.7 Å². The Kier molecular flexibility index (Phi) is 5.41. The van der Waals surface area contributed by atoms with E-state index in [0.717, 1.165) is 11.1 Å². The highest BCUT2D eigenvalue weighted by Gasteiger charge is 2.08. The van der Waals surface area contributed by atoms with Gasteiger partial charge >= 0.3 is 0 Å². The number of hydrogen-bond donors (Lipinski definition) is 1. The molecule has 7 nitrogen and oxygen atoms in total. The summed E-state index contributed by atoms with van der Waals surface area (Å²) in [5, 5.41) is 20.0. The number of benzene rings is 2. The van der Waals surface area contributed by atoms with Gasteiger partial charge in [-0.05, 0) is 36.0 Å². The molecule has 130 valence electrons. The Hall–Kier alpha value is -3.44. The van der Waals surface area contributed by atoms with Gasteiger partial charge in [0.1, 0.15) is 6.07 Å². The Bertz CT molecular complexity index is 1020. The average molecular weight is 365 g/mol. The van der Waals surface area contributed by atoms with Crippen LogP contribution >= 0.6 is 12.2 Å². The van der Waals surface area contributed by atoms with Crippen molar-refractivity contribution >= 4 is 18.4 Å². The van der Waals surface area contributed by atoms with E-state index in [9.17, 15) is 0 Å². The molecule has 2 aromatic carbocycles. The molecule has 0 radical (unpaired) electrons. The average Bonchev–Trinajstić information content (AvgIpc) is 3.06. The van der Waals surface area contributed by atoms with Crippen LogP contribution < -0.4 is 9.47 Å². The fourth-order valence-electron chi connectivity index (χ4n) is 2.29. The molecule has 0 aliphatic heterocycles. The van der Waals surface area contributed by atoms with Crippen molar-refractivity contribution < 1.29 is 9.47 Å². The third kappa shape index (κ3) is 3.79. The summed E-state index contributed by atoms with van der Waals surface area (Å²) in [6, 6.07) is 16.9. The molecule has 3 rings (SSSR count). The summed E-state index contributed by atoms with van der Waals surface area (Å²) in [4.78, 5) is 0. The van der Waals surface area contributed by atoms with Crippen LogP contribution in [0.5, 0.6) is 11.5 Å². The van der Waals surface area contributed by atoms with Crippen LogP contribution in [0.4, 0.5) is 0 Å². The van der Waals surface area contributed by atoms with Crippen LogP contribution in [0.2, 0.25) is 0 Å². The molecule has 3 aromatic rings. The Balaban J connectivity index is 1.91. The van der Waals surface area contributed by atoms with Gasteiger partial charge in [-0.3, -0.25) is 0 Å². The molecule has 1 heterocycles. The lowest BCUT2D eigenvalue weighted by molar-refractivity contribution is 0.329. The molecule has 0 atom stereocenters. The van der Waals surface area contributed by atoms with Crippen LogP contribution in [-0.4, -0.2) is 34.8 Å². The molecule has 0 saturated heterocycles. The van der Waals surface area contributed by atoms with E-state index in [1.807, 2.05) is 42.5 Å². The van der Waals surface area contributed by atoms with Gasteiger partial charge in [-0.1, -0.05) is 30.3 Å². The van der Waals surface area contributed by atoms with E-state index in [-0.39, 0.29) is 6.61 Å². The maximum atomic E-state index is 8.62. The van der Waals surface area contributed by atoms with Gasteiger partial charge in [-0.25, -0.2) is 5.10 Å². The molecule has 0 fully saturated rings. The molecule has 8 heteroatoms. The van der Waals surface area contributed by atoms with Crippen LogP contribution in [0, 0.1) is 16.1 Å². The topological polar surface area (TPSA) is 88.2 Å². The smallest absolute Gasteiger partial charge is 0.216 e. The quantitative estimate of drug-likeness (QED) is 0.534. The molecule has 0 aliphatic rings. The first-order chi connectivity index (χ1) is 12.7. The highest BCUT2D eigenvalue weighted by atomic mass is 32.1. The summed E-state index contributed by atoms with van der Waals surface area (Å²) in [5.74, 6) is 1.63. The van der Waals surface area contributed by atoms with Gasteiger partial charge in [0.15, 0.2) is 23.9 Å². The number of methoxy groups -OCH3 is 1. The second kappa shape index (κ2) is 8.09. The van der Waals surface area contributed by atoms with Crippen molar-refractivity contribution in [2.24, 2.45) is 5.10 Å². The summed E-state index contributed by atoms with van der Waals surface area (Å²) in [5.41, 5.74) is 1.68. The van der Waals surface area contributed by atoms with Crippen molar-refractivity contribution in [3.8, 4) is 29.0 Å². The Labute approximate surface area is 155 Å². The van der Waals surface area contributed by atoms with Crippen LogP contribution in [-0.2, 0) is 0 Å². The summed E-state index contributed by atoms with van der Waals surface area (Å²) >= 11 is 5.26. The van der Waals surface area contributed by atoms with Gasteiger partial charge < -0.3 is 9.47 Å². The van der Waals surface area contributed by atoms with Gasteiger partial charge in [0.2, 0.25) is 4.77 Å². The number of ether oxygens (including phenoxy) is 2. The number of rotatable bonds is 6. The zero-order valence-corrected chi connectivity index (χ0v) is 14.7.